The predicted octanol–water partition coefficient (Wildman–Crippen LogP) is 3.82. The molecule has 104 valence electrons. The Kier molecular flexibility index (Phi) is 4.46. The van der Waals surface area contributed by atoms with Crippen LogP contribution < -0.4 is 10.5 Å². The van der Waals surface area contributed by atoms with Crippen molar-refractivity contribution in [3.05, 3.63) is 23.8 Å². The molecule has 2 unspecified atom stereocenters. The van der Waals surface area contributed by atoms with Crippen molar-refractivity contribution in [1.29, 1.82) is 0 Å². The first-order chi connectivity index (χ1) is 9.10. The highest BCUT2D eigenvalue weighted by Crippen LogP contribution is 2.31. The molecule has 0 spiro atoms. The first-order valence-electron chi connectivity index (χ1n) is 7.17. The number of benzene rings is 1. The van der Waals surface area contributed by atoms with Gasteiger partial charge in [-0.25, -0.2) is 0 Å². The maximum Gasteiger partial charge on any atom is 0.163 e. The van der Waals surface area contributed by atoms with E-state index < -0.39 is 0 Å². The average Bonchev–Trinajstić information content (AvgIpc) is 2.41. The van der Waals surface area contributed by atoms with Gasteiger partial charge in [-0.15, -0.1) is 0 Å². The summed E-state index contributed by atoms with van der Waals surface area (Å²) < 4.78 is 6.06. The number of hydrogen-bond donors (Lipinski definition) is 1. The summed E-state index contributed by atoms with van der Waals surface area (Å²) >= 11 is 0. The van der Waals surface area contributed by atoms with Crippen LogP contribution in [0.2, 0.25) is 0 Å². The van der Waals surface area contributed by atoms with Crippen LogP contribution in [-0.4, -0.2) is 11.9 Å². The normalized spacial score (nSPS) is 23.1. The molecule has 0 amide bonds. The van der Waals surface area contributed by atoms with Gasteiger partial charge in [0.25, 0.3) is 0 Å². The third kappa shape index (κ3) is 3.49. The number of carbonyl (C=O) groups excluding carboxylic acids is 1. The SMILES string of the molecule is CCC1CCCC(Oc2ccc(N)cc2C(C)=O)C1. The Labute approximate surface area is 115 Å². The molecule has 2 atom stereocenters. The van der Waals surface area contributed by atoms with Crippen molar-refractivity contribution in [2.45, 2.75) is 52.1 Å². The molecule has 1 aromatic carbocycles. The number of carbonyl (C=O) groups is 1. The lowest BCUT2D eigenvalue weighted by Gasteiger charge is -2.29. The summed E-state index contributed by atoms with van der Waals surface area (Å²) in [5, 5.41) is 0. The summed E-state index contributed by atoms with van der Waals surface area (Å²) in [6.07, 6.45) is 6.14. The van der Waals surface area contributed by atoms with Crippen LogP contribution in [0, 0.1) is 5.92 Å². The van der Waals surface area contributed by atoms with Crippen molar-refractivity contribution in [1.82, 2.24) is 0 Å². The molecule has 0 radical (unpaired) electrons. The number of hydrogen-bond acceptors (Lipinski definition) is 3. The summed E-state index contributed by atoms with van der Waals surface area (Å²) in [5.74, 6) is 1.45. The van der Waals surface area contributed by atoms with Crippen molar-refractivity contribution in [2.24, 2.45) is 5.92 Å². The van der Waals surface area contributed by atoms with Crippen LogP contribution in [-0.2, 0) is 0 Å². The largest absolute Gasteiger partial charge is 0.490 e. The molecule has 2 rings (SSSR count). The van der Waals surface area contributed by atoms with E-state index in [0.717, 1.165) is 18.8 Å². The predicted molar refractivity (Wildman–Crippen MR) is 77.5 cm³/mol. The van der Waals surface area contributed by atoms with E-state index in [0.29, 0.717) is 17.0 Å². The lowest BCUT2D eigenvalue weighted by Crippen LogP contribution is -2.25. The molecule has 2 N–H and O–H groups in total. The zero-order valence-corrected chi connectivity index (χ0v) is 11.8. The molecule has 1 aliphatic carbocycles. The quantitative estimate of drug-likeness (QED) is 0.662. The molecular weight excluding hydrogens is 238 g/mol. The summed E-state index contributed by atoms with van der Waals surface area (Å²) in [5.41, 5.74) is 6.93. The molecule has 0 aromatic heterocycles. The summed E-state index contributed by atoms with van der Waals surface area (Å²) in [4.78, 5) is 11.6. The van der Waals surface area contributed by atoms with Crippen LogP contribution in [0.3, 0.4) is 0 Å². The minimum absolute atomic E-state index is 0.00477. The van der Waals surface area contributed by atoms with Gasteiger partial charge >= 0.3 is 0 Å². The summed E-state index contributed by atoms with van der Waals surface area (Å²) in [7, 11) is 0. The van der Waals surface area contributed by atoms with Crippen LogP contribution in [0.25, 0.3) is 0 Å². The molecule has 1 aliphatic rings. The van der Waals surface area contributed by atoms with E-state index in [1.54, 1.807) is 19.1 Å². The fraction of sp³-hybridized carbons (Fsp3) is 0.562. The highest BCUT2D eigenvalue weighted by Gasteiger charge is 2.23. The molecule has 0 saturated heterocycles. The van der Waals surface area contributed by atoms with E-state index in [1.165, 1.54) is 19.3 Å². The lowest BCUT2D eigenvalue weighted by molar-refractivity contribution is 0.0989. The third-order valence-corrected chi connectivity index (χ3v) is 3.99. The van der Waals surface area contributed by atoms with E-state index in [1.807, 2.05) is 6.07 Å². The van der Waals surface area contributed by atoms with Gasteiger partial charge in [-0.3, -0.25) is 4.79 Å². The zero-order chi connectivity index (χ0) is 13.8. The number of anilines is 1. The number of rotatable bonds is 4. The van der Waals surface area contributed by atoms with E-state index in [4.69, 9.17) is 10.5 Å². The Morgan fingerprint density at radius 3 is 2.89 bits per heavy atom. The van der Waals surface area contributed by atoms with E-state index in [9.17, 15) is 4.79 Å². The van der Waals surface area contributed by atoms with E-state index in [2.05, 4.69) is 6.92 Å². The molecular formula is C16H23NO2. The van der Waals surface area contributed by atoms with Gasteiger partial charge in [-0.05, 0) is 50.3 Å². The van der Waals surface area contributed by atoms with Crippen LogP contribution in [0.15, 0.2) is 18.2 Å². The molecule has 3 nitrogen and oxygen atoms in total. The minimum Gasteiger partial charge on any atom is -0.490 e. The third-order valence-electron chi connectivity index (χ3n) is 3.99. The van der Waals surface area contributed by atoms with Gasteiger partial charge in [0, 0.05) is 5.69 Å². The van der Waals surface area contributed by atoms with E-state index >= 15 is 0 Å². The minimum atomic E-state index is 0.00477. The molecule has 1 fully saturated rings. The topological polar surface area (TPSA) is 52.3 Å². The summed E-state index contributed by atoms with van der Waals surface area (Å²) in [6.45, 7) is 3.79. The van der Waals surface area contributed by atoms with Crippen molar-refractivity contribution >= 4 is 11.5 Å². The van der Waals surface area contributed by atoms with Gasteiger partial charge in [-0.1, -0.05) is 19.8 Å². The Hall–Kier alpha value is -1.51. The summed E-state index contributed by atoms with van der Waals surface area (Å²) in [6, 6.07) is 5.32. The molecule has 1 saturated carbocycles. The monoisotopic (exact) mass is 261 g/mol. The number of Topliss-reactive ketones (excluding diaryl/α,β-unsaturated/α-hetero) is 1. The highest BCUT2D eigenvalue weighted by atomic mass is 16.5. The Bertz CT molecular complexity index is 456. The van der Waals surface area contributed by atoms with Crippen molar-refractivity contribution in [2.75, 3.05) is 5.73 Å². The molecule has 0 heterocycles. The average molecular weight is 261 g/mol. The number of nitrogen functional groups attached to an aromatic ring is 1. The van der Waals surface area contributed by atoms with Gasteiger partial charge in [0.1, 0.15) is 5.75 Å². The second-order valence-electron chi connectivity index (χ2n) is 5.49. The van der Waals surface area contributed by atoms with E-state index in [-0.39, 0.29) is 11.9 Å². The maximum absolute atomic E-state index is 11.6. The maximum atomic E-state index is 11.6. The Morgan fingerprint density at radius 1 is 1.42 bits per heavy atom. The zero-order valence-electron chi connectivity index (χ0n) is 11.8. The van der Waals surface area contributed by atoms with Crippen LogP contribution in [0.4, 0.5) is 5.69 Å². The van der Waals surface area contributed by atoms with Crippen molar-refractivity contribution in [3.63, 3.8) is 0 Å². The van der Waals surface area contributed by atoms with Gasteiger partial charge in [0.2, 0.25) is 0 Å². The molecule has 3 heteroatoms. The van der Waals surface area contributed by atoms with Crippen molar-refractivity contribution in [3.8, 4) is 5.75 Å². The first kappa shape index (κ1) is 13.9. The highest BCUT2D eigenvalue weighted by molar-refractivity contribution is 5.97. The van der Waals surface area contributed by atoms with Gasteiger partial charge in [-0.2, -0.15) is 0 Å². The van der Waals surface area contributed by atoms with Crippen LogP contribution in [0.1, 0.15) is 56.3 Å². The standard InChI is InChI=1S/C16H23NO2/c1-3-12-5-4-6-14(9-12)19-16-8-7-13(17)10-15(16)11(2)18/h7-8,10,12,14H,3-6,9,17H2,1-2H3. The van der Waals surface area contributed by atoms with Crippen molar-refractivity contribution < 1.29 is 9.53 Å². The molecule has 0 aliphatic heterocycles. The lowest BCUT2D eigenvalue weighted by atomic mass is 9.85. The Morgan fingerprint density at radius 2 is 2.21 bits per heavy atom. The Balaban J connectivity index is 2.12. The smallest absolute Gasteiger partial charge is 0.163 e. The fourth-order valence-electron chi connectivity index (χ4n) is 2.82. The second-order valence-corrected chi connectivity index (χ2v) is 5.49. The molecule has 1 aromatic rings. The van der Waals surface area contributed by atoms with Crippen LogP contribution in [0.5, 0.6) is 5.75 Å². The van der Waals surface area contributed by atoms with Gasteiger partial charge < -0.3 is 10.5 Å². The van der Waals surface area contributed by atoms with Gasteiger partial charge in [0.15, 0.2) is 5.78 Å². The first-order valence-corrected chi connectivity index (χ1v) is 7.17. The number of nitrogens with two attached hydrogens (primary N) is 1. The molecule has 19 heavy (non-hydrogen) atoms. The van der Waals surface area contributed by atoms with Crippen LogP contribution >= 0.6 is 0 Å². The number of ketones is 1. The second kappa shape index (κ2) is 6.09. The van der Waals surface area contributed by atoms with Gasteiger partial charge in [0.05, 0.1) is 11.7 Å². The fourth-order valence-corrected chi connectivity index (χ4v) is 2.82. The molecule has 0 bridgehead atoms. The number of ether oxygens (including phenoxy) is 1.